The Bertz CT molecular complexity index is 1190. The molecule has 35 heavy (non-hydrogen) atoms. The summed E-state index contributed by atoms with van der Waals surface area (Å²) in [7, 11) is 0. The molecule has 0 bridgehead atoms. The number of fused-ring (bicyclic) bond motifs is 1. The molecule has 0 radical (unpaired) electrons. The van der Waals surface area contributed by atoms with E-state index in [1.54, 1.807) is 12.1 Å². The van der Waals surface area contributed by atoms with E-state index in [1.165, 1.54) is 11.8 Å². The first-order valence-corrected chi connectivity index (χ1v) is 12.8. The van der Waals surface area contributed by atoms with Gasteiger partial charge >= 0.3 is 5.97 Å². The summed E-state index contributed by atoms with van der Waals surface area (Å²) in [6, 6.07) is 16.6. The summed E-state index contributed by atoms with van der Waals surface area (Å²) in [4.78, 5) is 32.8. The Morgan fingerprint density at radius 2 is 1.89 bits per heavy atom. The first kappa shape index (κ1) is 25.1. The zero-order valence-electron chi connectivity index (χ0n) is 20.0. The Balaban J connectivity index is 1.65. The van der Waals surface area contributed by atoms with Crippen LogP contribution in [0.1, 0.15) is 50.8 Å². The van der Waals surface area contributed by atoms with Gasteiger partial charge < -0.3 is 15.0 Å². The fourth-order valence-electron chi connectivity index (χ4n) is 3.98. The number of nitrogens with one attached hydrogen (secondary N) is 1. The number of carbonyl (C=O) groups is 2. The van der Waals surface area contributed by atoms with Gasteiger partial charge in [0, 0.05) is 16.8 Å². The van der Waals surface area contributed by atoms with E-state index in [0.717, 1.165) is 28.4 Å². The van der Waals surface area contributed by atoms with Crippen molar-refractivity contribution < 1.29 is 14.3 Å². The van der Waals surface area contributed by atoms with E-state index < -0.39 is 12.0 Å². The third kappa shape index (κ3) is 5.80. The number of halogens is 1. The smallest absolute Gasteiger partial charge is 0.338 e. The summed E-state index contributed by atoms with van der Waals surface area (Å²) < 4.78 is 5.72. The van der Waals surface area contributed by atoms with Crippen molar-refractivity contribution in [3.05, 3.63) is 93.1 Å². The van der Waals surface area contributed by atoms with Gasteiger partial charge in [0.15, 0.2) is 5.17 Å². The number of hydrogen-bond donors (Lipinski definition) is 1. The van der Waals surface area contributed by atoms with Crippen molar-refractivity contribution in [3.8, 4) is 0 Å². The summed E-state index contributed by atoms with van der Waals surface area (Å²) >= 11 is 7.61. The highest BCUT2D eigenvalue weighted by molar-refractivity contribution is 8.16. The molecule has 4 rings (SSSR count). The molecule has 0 saturated carbocycles. The van der Waals surface area contributed by atoms with Crippen LogP contribution in [0, 0.1) is 0 Å². The Morgan fingerprint density at radius 1 is 1.17 bits per heavy atom. The van der Waals surface area contributed by atoms with Crippen molar-refractivity contribution in [2.45, 2.75) is 52.3 Å². The lowest BCUT2D eigenvalue weighted by Gasteiger charge is -2.36. The lowest BCUT2D eigenvalue weighted by Crippen LogP contribution is -2.39. The average molecular weight is 510 g/mol. The Kier molecular flexibility index (Phi) is 7.98. The number of aliphatic imine (C=N–C) groups is 1. The Morgan fingerprint density at radius 3 is 2.57 bits per heavy atom. The maximum Gasteiger partial charge on any atom is 0.338 e. The highest BCUT2D eigenvalue weighted by atomic mass is 35.5. The summed E-state index contributed by atoms with van der Waals surface area (Å²) in [5.74, 6) is -0.504. The predicted octanol–water partition coefficient (Wildman–Crippen LogP) is 5.96. The SMILES string of the molecule is CC[C@H](C)NC(=O)CC1=CSC2=NC(C)=C(C(=O)OCc3ccccc3)[C@H](c3ccc(Cl)cc3)N12. The minimum absolute atomic E-state index is 0.0678. The fraction of sp³-hybridized carbons (Fsp3) is 0.296. The lowest BCUT2D eigenvalue weighted by atomic mass is 9.94. The second-order valence-electron chi connectivity index (χ2n) is 8.56. The van der Waals surface area contributed by atoms with Crippen molar-refractivity contribution in [3.63, 3.8) is 0 Å². The molecule has 0 aromatic heterocycles. The van der Waals surface area contributed by atoms with E-state index in [2.05, 4.69) is 5.32 Å². The molecule has 0 fully saturated rings. The number of hydrogen-bond acceptors (Lipinski definition) is 6. The second kappa shape index (κ2) is 11.1. The highest BCUT2D eigenvalue weighted by Crippen LogP contribution is 2.45. The van der Waals surface area contributed by atoms with Gasteiger partial charge in [-0.25, -0.2) is 9.79 Å². The van der Waals surface area contributed by atoms with E-state index >= 15 is 0 Å². The van der Waals surface area contributed by atoms with Crippen LogP contribution in [-0.2, 0) is 20.9 Å². The Hall–Kier alpha value is -3.03. The molecule has 2 aromatic rings. The molecule has 1 amide bonds. The topological polar surface area (TPSA) is 71.0 Å². The van der Waals surface area contributed by atoms with Gasteiger partial charge in [0.05, 0.1) is 23.7 Å². The molecule has 2 heterocycles. The van der Waals surface area contributed by atoms with Crippen LogP contribution in [0.3, 0.4) is 0 Å². The average Bonchev–Trinajstić information content (AvgIpc) is 3.24. The van der Waals surface area contributed by atoms with Crippen molar-refractivity contribution in [2.24, 2.45) is 4.99 Å². The quantitative estimate of drug-likeness (QED) is 0.444. The van der Waals surface area contributed by atoms with E-state index in [9.17, 15) is 9.59 Å². The van der Waals surface area contributed by atoms with Crippen LogP contribution >= 0.6 is 23.4 Å². The molecule has 2 aromatic carbocycles. The molecular formula is C27H28ClN3O3S. The third-order valence-corrected chi connectivity index (χ3v) is 7.12. The largest absolute Gasteiger partial charge is 0.457 e. The minimum atomic E-state index is -0.485. The zero-order chi connectivity index (χ0) is 24.9. The predicted molar refractivity (Wildman–Crippen MR) is 141 cm³/mol. The van der Waals surface area contributed by atoms with Crippen LogP contribution in [-0.4, -0.2) is 28.0 Å². The van der Waals surface area contributed by atoms with Crippen molar-refractivity contribution in [1.82, 2.24) is 10.2 Å². The number of ether oxygens (including phenoxy) is 1. The molecule has 8 heteroatoms. The van der Waals surface area contributed by atoms with E-state index in [0.29, 0.717) is 16.3 Å². The normalized spacial score (nSPS) is 17.9. The Labute approximate surface area is 215 Å². The van der Waals surface area contributed by atoms with Gasteiger partial charge in [-0.1, -0.05) is 72.8 Å². The minimum Gasteiger partial charge on any atom is -0.457 e. The van der Waals surface area contributed by atoms with Gasteiger partial charge in [-0.05, 0) is 48.9 Å². The number of amidine groups is 1. The van der Waals surface area contributed by atoms with Gasteiger partial charge in [0.25, 0.3) is 0 Å². The lowest BCUT2D eigenvalue weighted by molar-refractivity contribution is -0.141. The highest BCUT2D eigenvalue weighted by Gasteiger charge is 2.41. The number of allylic oxidation sites excluding steroid dienone is 1. The molecule has 1 N–H and O–H groups in total. The zero-order valence-corrected chi connectivity index (χ0v) is 21.5. The van der Waals surface area contributed by atoms with Gasteiger partial charge in [0.1, 0.15) is 6.61 Å². The number of nitrogens with zero attached hydrogens (tertiary/aromatic N) is 2. The molecule has 0 unspecified atom stereocenters. The number of benzene rings is 2. The standard InChI is InChI=1S/C27H28ClN3O3S/c1-4-17(2)29-23(32)14-22-16-35-27-30-18(3)24(26(33)34-15-19-8-6-5-7-9-19)25(31(22)27)20-10-12-21(28)13-11-20/h5-13,16-17,25H,4,14-15H2,1-3H3,(H,29,32)/t17-,25-/m0/s1. The second-order valence-corrected chi connectivity index (χ2v) is 9.83. The summed E-state index contributed by atoms with van der Waals surface area (Å²) in [6.45, 7) is 5.99. The van der Waals surface area contributed by atoms with Gasteiger partial charge in [-0.2, -0.15) is 0 Å². The van der Waals surface area contributed by atoms with E-state index in [4.69, 9.17) is 21.3 Å². The molecule has 6 nitrogen and oxygen atoms in total. The number of thioether (sulfide) groups is 1. The summed E-state index contributed by atoms with van der Waals surface area (Å²) in [5.41, 5.74) is 3.60. The number of amides is 1. The van der Waals surface area contributed by atoms with E-state index in [-0.39, 0.29) is 25.0 Å². The summed E-state index contributed by atoms with van der Waals surface area (Å²) in [5, 5.41) is 6.29. The monoisotopic (exact) mass is 509 g/mol. The van der Waals surface area contributed by atoms with Crippen LogP contribution < -0.4 is 5.32 Å². The van der Waals surface area contributed by atoms with Crippen molar-refractivity contribution >= 4 is 40.4 Å². The summed E-state index contributed by atoms with van der Waals surface area (Å²) in [6.07, 6.45) is 1.04. The number of rotatable bonds is 8. The fourth-order valence-corrected chi connectivity index (χ4v) is 5.07. The van der Waals surface area contributed by atoms with Gasteiger partial charge in [0.2, 0.25) is 5.91 Å². The molecule has 2 aliphatic rings. The molecular weight excluding hydrogens is 482 g/mol. The maximum atomic E-state index is 13.4. The van der Waals surface area contributed by atoms with Crippen LogP contribution in [0.2, 0.25) is 5.02 Å². The van der Waals surface area contributed by atoms with Crippen molar-refractivity contribution in [1.29, 1.82) is 0 Å². The number of carbonyl (C=O) groups excluding carboxylic acids is 2. The first-order chi connectivity index (χ1) is 16.9. The van der Waals surface area contributed by atoms with Gasteiger partial charge in [-0.3, -0.25) is 4.79 Å². The third-order valence-electron chi connectivity index (χ3n) is 5.98. The van der Waals surface area contributed by atoms with Crippen LogP contribution in [0.25, 0.3) is 0 Å². The molecule has 2 atom stereocenters. The molecule has 0 spiro atoms. The first-order valence-electron chi connectivity index (χ1n) is 11.6. The maximum absolute atomic E-state index is 13.4. The van der Waals surface area contributed by atoms with E-state index in [1.807, 2.05) is 73.5 Å². The molecule has 0 aliphatic carbocycles. The van der Waals surface area contributed by atoms with Gasteiger partial charge in [-0.15, -0.1) is 0 Å². The molecule has 2 aliphatic heterocycles. The van der Waals surface area contributed by atoms with Crippen molar-refractivity contribution in [2.75, 3.05) is 0 Å². The number of esters is 1. The van der Waals surface area contributed by atoms with Crippen LogP contribution in [0.5, 0.6) is 0 Å². The molecule has 182 valence electrons. The van der Waals surface area contributed by atoms with Crippen LogP contribution in [0.4, 0.5) is 0 Å². The van der Waals surface area contributed by atoms with Crippen LogP contribution in [0.15, 0.2) is 82.0 Å². The molecule has 0 saturated heterocycles.